The van der Waals surface area contributed by atoms with E-state index < -0.39 is 17.6 Å². The van der Waals surface area contributed by atoms with Gasteiger partial charge >= 0.3 is 6.18 Å². The van der Waals surface area contributed by atoms with Crippen LogP contribution in [0.1, 0.15) is 25.0 Å². The summed E-state index contributed by atoms with van der Waals surface area (Å²) < 4.78 is 40.9. The number of aromatic nitrogens is 1. The van der Waals surface area contributed by atoms with E-state index in [9.17, 15) is 23.1 Å². The molecule has 5 nitrogen and oxygen atoms in total. The van der Waals surface area contributed by atoms with Crippen molar-refractivity contribution in [2.45, 2.75) is 20.0 Å². The van der Waals surface area contributed by atoms with Crippen LogP contribution >= 0.6 is 0 Å². The van der Waals surface area contributed by atoms with Crippen LogP contribution < -0.4 is 5.43 Å². The SMILES string of the molecule is CC(=O)N/N=C(/C)c1c(O)n(-c2ccccc2)c2cc(C(F)(F)F)ccc12. The summed E-state index contributed by atoms with van der Waals surface area (Å²) in [6.07, 6.45) is -4.52. The maximum Gasteiger partial charge on any atom is 0.416 e. The van der Waals surface area contributed by atoms with Gasteiger partial charge in [0.05, 0.1) is 22.4 Å². The van der Waals surface area contributed by atoms with E-state index in [0.29, 0.717) is 11.1 Å². The van der Waals surface area contributed by atoms with E-state index in [1.165, 1.54) is 17.6 Å². The van der Waals surface area contributed by atoms with Crippen molar-refractivity contribution in [3.63, 3.8) is 0 Å². The van der Waals surface area contributed by atoms with Crippen LogP contribution in [0, 0.1) is 0 Å². The largest absolute Gasteiger partial charge is 0.494 e. The van der Waals surface area contributed by atoms with Gasteiger partial charge in [0.25, 0.3) is 0 Å². The fraction of sp³-hybridized carbons (Fsp3) is 0.158. The predicted molar refractivity (Wildman–Crippen MR) is 96.0 cm³/mol. The number of nitrogens with zero attached hydrogens (tertiary/aromatic N) is 2. The number of fused-ring (bicyclic) bond motifs is 1. The summed E-state index contributed by atoms with van der Waals surface area (Å²) in [7, 11) is 0. The molecule has 27 heavy (non-hydrogen) atoms. The summed E-state index contributed by atoms with van der Waals surface area (Å²) in [5.41, 5.74) is 2.63. The third-order valence-corrected chi connectivity index (χ3v) is 4.03. The van der Waals surface area contributed by atoms with E-state index in [0.717, 1.165) is 12.1 Å². The van der Waals surface area contributed by atoms with Crippen molar-refractivity contribution < 1.29 is 23.1 Å². The third-order valence-electron chi connectivity index (χ3n) is 4.03. The Morgan fingerprint density at radius 3 is 2.37 bits per heavy atom. The zero-order valence-electron chi connectivity index (χ0n) is 14.5. The molecular weight excluding hydrogens is 359 g/mol. The number of hydrazone groups is 1. The van der Waals surface area contributed by atoms with Gasteiger partial charge in [-0.1, -0.05) is 24.3 Å². The highest BCUT2D eigenvalue weighted by atomic mass is 19.4. The number of rotatable bonds is 3. The first-order valence-corrected chi connectivity index (χ1v) is 8.01. The van der Waals surface area contributed by atoms with Crippen LogP contribution in [0.3, 0.4) is 0 Å². The predicted octanol–water partition coefficient (Wildman–Crippen LogP) is 4.22. The number of carbonyl (C=O) groups excluding carboxylic acids is 1. The Morgan fingerprint density at radius 1 is 1.11 bits per heavy atom. The number of carbonyl (C=O) groups is 1. The Balaban J connectivity index is 2.33. The van der Waals surface area contributed by atoms with E-state index in [1.807, 2.05) is 0 Å². The maximum absolute atomic E-state index is 13.2. The summed E-state index contributed by atoms with van der Waals surface area (Å²) in [4.78, 5) is 11.1. The standard InChI is InChI=1S/C19H16F3N3O2/c1-11(23-24-12(2)26)17-15-9-8-13(19(20,21)22)10-16(15)25(18(17)27)14-6-4-3-5-7-14/h3-10,27H,1-2H3,(H,24,26)/b23-11-. The van der Waals surface area contributed by atoms with Gasteiger partial charge in [0.15, 0.2) is 0 Å². The van der Waals surface area contributed by atoms with Gasteiger partial charge in [0.1, 0.15) is 0 Å². The molecule has 0 unspecified atom stereocenters. The number of amides is 1. The minimum absolute atomic E-state index is 0.181. The molecule has 0 saturated carbocycles. The van der Waals surface area contributed by atoms with Gasteiger partial charge in [-0.25, -0.2) is 5.43 Å². The van der Waals surface area contributed by atoms with Crippen molar-refractivity contribution in [2.75, 3.05) is 0 Å². The molecule has 3 rings (SSSR count). The molecule has 0 atom stereocenters. The number of para-hydroxylation sites is 1. The summed E-state index contributed by atoms with van der Waals surface area (Å²) in [6, 6.07) is 11.8. The number of hydrogen-bond donors (Lipinski definition) is 2. The monoisotopic (exact) mass is 375 g/mol. The number of benzene rings is 2. The van der Waals surface area contributed by atoms with Crippen molar-refractivity contribution >= 4 is 22.5 Å². The number of nitrogens with one attached hydrogen (secondary N) is 1. The van der Waals surface area contributed by atoms with Crippen molar-refractivity contribution in [3.8, 4) is 11.6 Å². The molecule has 8 heteroatoms. The van der Waals surface area contributed by atoms with Crippen LogP contribution in [-0.4, -0.2) is 21.3 Å². The molecule has 0 spiro atoms. The molecule has 2 N–H and O–H groups in total. The Kier molecular flexibility index (Phi) is 4.65. The Bertz CT molecular complexity index is 1040. The Morgan fingerprint density at radius 2 is 1.78 bits per heavy atom. The summed E-state index contributed by atoms with van der Waals surface area (Å²) in [6.45, 7) is 2.83. The lowest BCUT2D eigenvalue weighted by Crippen LogP contribution is -2.15. The molecule has 3 aromatic rings. The first-order valence-electron chi connectivity index (χ1n) is 8.01. The van der Waals surface area contributed by atoms with Gasteiger partial charge < -0.3 is 5.11 Å². The second-order valence-electron chi connectivity index (χ2n) is 5.96. The molecule has 1 amide bonds. The molecule has 2 aromatic carbocycles. The highest BCUT2D eigenvalue weighted by molar-refractivity contribution is 6.13. The molecule has 140 valence electrons. The second kappa shape index (κ2) is 6.79. The van der Waals surface area contributed by atoms with E-state index in [1.54, 1.807) is 37.3 Å². The first-order chi connectivity index (χ1) is 12.7. The van der Waals surface area contributed by atoms with Crippen LogP contribution in [-0.2, 0) is 11.0 Å². The van der Waals surface area contributed by atoms with Gasteiger partial charge in [-0.3, -0.25) is 9.36 Å². The summed E-state index contributed by atoms with van der Waals surface area (Å²) in [5, 5.41) is 15.1. The molecule has 0 bridgehead atoms. The summed E-state index contributed by atoms with van der Waals surface area (Å²) in [5.74, 6) is -0.665. The lowest BCUT2D eigenvalue weighted by atomic mass is 10.1. The fourth-order valence-corrected chi connectivity index (χ4v) is 2.86. The number of hydrogen-bond acceptors (Lipinski definition) is 3. The van der Waals surface area contributed by atoms with Crippen molar-refractivity contribution in [1.29, 1.82) is 0 Å². The lowest BCUT2D eigenvalue weighted by Gasteiger charge is -2.09. The van der Waals surface area contributed by atoms with Gasteiger partial charge in [0.2, 0.25) is 11.8 Å². The molecular formula is C19H16F3N3O2. The lowest BCUT2D eigenvalue weighted by molar-refractivity contribution is -0.137. The molecule has 0 aliphatic rings. The molecule has 0 aliphatic carbocycles. The summed E-state index contributed by atoms with van der Waals surface area (Å²) >= 11 is 0. The Hall–Kier alpha value is -3.29. The maximum atomic E-state index is 13.2. The minimum atomic E-state index is -4.52. The highest BCUT2D eigenvalue weighted by Gasteiger charge is 2.32. The normalized spacial score (nSPS) is 12.4. The van der Waals surface area contributed by atoms with Crippen LogP contribution in [0.4, 0.5) is 13.2 Å². The number of aromatic hydroxyl groups is 1. The van der Waals surface area contributed by atoms with E-state index in [-0.39, 0.29) is 22.7 Å². The number of alkyl halides is 3. The zero-order valence-corrected chi connectivity index (χ0v) is 14.5. The molecule has 1 heterocycles. The highest BCUT2D eigenvalue weighted by Crippen LogP contribution is 2.38. The van der Waals surface area contributed by atoms with Gasteiger partial charge in [-0.15, -0.1) is 0 Å². The zero-order chi connectivity index (χ0) is 19.8. The minimum Gasteiger partial charge on any atom is -0.494 e. The topological polar surface area (TPSA) is 66.6 Å². The van der Waals surface area contributed by atoms with Crippen molar-refractivity contribution in [2.24, 2.45) is 5.10 Å². The average Bonchev–Trinajstić information content (AvgIpc) is 2.90. The molecule has 0 fully saturated rings. The van der Waals surface area contributed by atoms with E-state index in [4.69, 9.17) is 0 Å². The van der Waals surface area contributed by atoms with Gasteiger partial charge in [-0.2, -0.15) is 18.3 Å². The average molecular weight is 375 g/mol. The fourth-order valence-electron chi connectivity index (χ4n) is 2.86. The quantitative estimate of drug-likeness (QED) is 0.532. The van der Waals surface area contributed by atoms with Crippen molar-refractivity contribution in [3.05, 3.63) is 59.7 Å². The first kappa shape index (κ1) is 18.5. The van der Waals surface area contributed by atoms with Crippen LogP contribution in [0.25, 0.3) is 16.6 Å². The third kappa shape index (κ3) is 3.51. The molecule has 0 radical (unpaired) electrons. The molecule has 0 saturated heterocycles. The van der Waals surface area contributed by atoms with Crippen LogP contribution in [0.5, 0.6) is 5.88 Å². The van der Waals surface area contributed by atoms with Crippen molar-refractivity contribution in [1.82, 2.24) is 9.99 Å². The van der Waals surface area contributed by atoms with Crippen LogP contribution in [0.15, 0.2) is 53.6 Å². The molecule has 0 aliphatic heterocycles. The smallest absolute Gasteiger partial charge is 0.416 e. The van der Waals surface area contributed by atoms with E-state index >= 15 is 0 Å². The van der Waals surface area contributed by atoms with E-state index in [2.05, 4.69) is 10.5 Å². The van der Waals surface area contributed by atoms with Crippen LogP contribution in [0.2, 0.25) is 0 Å². The Labute approximate surface area is 152 Å². The van der Waals surface area contributed by atoms with Gasteiger partial charge in [0, 0.05) is 18.0 Å². The molecule has 1 aromatic heterocycles. The van der Waals surface area contributed by atoms with Gasteiger partial charge in [-0.05, 0) is 31.2 Å². The second-order valence-corrected chi connectivity index (χ2v) is 5.96. The number of halogens is 3.